The zero-order chi connectivity index (χ0) is 22.1. The van der Waals surface area contributed by atoms with Gasteiger partial charge in [-0.25, -0.2) is 14.1 Å². The zero-order valence-corrected chi connectivity index (χ0v) is 18.2. The fraction of sp³-hybridized carbons (Fsp3) is 0.556. The summed E-state index contributed by atoms with van der Waals surface area (Å²) in [5, 5.41) is 21.1. The largest absolute Gasteiger partial charge is 0.472 e. The summed E-state index contributed by atoms with van der Waals surface area (Å²) >= 11 is 12.0. The molecule has 1 aliphatic rings. The molecule has 13 heteroatoms. The van der Waals surface area contributed by atoms with Gasteiger partial charge >= 0.3 is 11.6 Å². The number of fused-ring (bicyclic) bond motifs is 1. The van der Waals surface area contributed by atoms with Crippen LogP contribution in [0.5, 0.6) is 5.88 Å². The lowest BCUT2D eigenvalue weighted by molar-refractivity contribution is -0.386. The zero-order valence-electron chi connectivity index (χ0n) is 16.7. The van der Waals surface area contributed by atoms with Crippen LogP contribution in [0.4, 0.5) is 10.1 Å². The van der Waals surface area contributed by atoms with E-state index in [2.05, 4.69) is 20.2 Å². The number of rotatable bonds is 7. The van der Waals surface area contributed by atoms with Gasteiger partial charge in [0.25, 0.3) is 0 Å². The van der Waals surface area contributed by atoms with Crippen molar-refractivity contribution in [2.75, 3.05) is 6.61 Å². The van der Waals surface area contributed by atoms with Crippen LogP contribution < -0.4 is 4.74 Å². The van der Waals surface area contributed by atoms with Crippen molar-refractivity contribution >= 4 is 39.9 Å². The Balaban J connectivity index is 1.44. The molecular weight excluding hydrogens is 452 g/mol. The third-order valence-corrected chi connectivity index (χ3v) is 5.87. The second kappa shape index (κ2) is 8.91. The van der Waals surface area contributed by atoms with Gasteiger partial charge in [-0.3, -0.25) is 14.8 Å². The van der Waals surface area contributed by atoms with Crippen LogP contribution in [0.3, 0.4) is 0 Å². The summed E-state index contributed by atoms with van der Waals surface area (Å²) in [5.74, 6) is -0.0291. The van der Waals surface area contributed by atoms with Crippen LogP contribution in [-0.4, -0.2) is 47.2 Å². The molecular formula is C18H20Cl2FN7O3. The molecule has 3 aromatic heterocycles. The molecule has 1 aliphatic carbocycles. The van der Waals surface area contributed by atoms with Crippen molar-refractivity contribution in [1.29, 1.82) is 0 Å². The van der Waals surface area contributed by atoms with Gasteiger partial charge < -0.3 is 4.74 Å². The molecule has 1 fully saturated rings. The summed E-state index contributed by atoms with van der Waals surface area (Å²) in [5.41, 5.74) is 0.757. The molecule has 0 unspecified atom stereocenters. The van der Waals surface area contributed by atoms with Crippen molar-refractivity contribution < 1.29 is 14.1 Å². The lowest BCUT2D eigenvalue weighted by Gasteiger charge is -2.24. The highest BCUT2D eigenvalue weighted by Crippen LogP contribution is 2.36. The average molecular weight is 472 g/mol. The normalized spacial score (nSPS) is 19.1. The van der Waals surface area contributed by atoms with Crippen LogP contribution in [0, 0.1) is 17.0 Å². The number of nitrogens with zero attached hydrogens (tertiary/aromatic N) is 7. The van der Waals surface area contributed by atoms with Crippen molar-refractivity contribution in [3.63, 3.8) is 0 Å². The predicted molar refractivity (Wildman–Crippen MR) is 111 cm³/mol. The van der Waals surface area contributed by atoms with E-state index in [4.69, 9.17) is 27.9 Å². The van der Waals surface area contributed by atoms with Crippen molar-refractivity contribution in [2.24, 2.45) is 0 Å². The molecule has 0 aromatic carbocycles. The third-order valence-electron chi connectivity index (χ3n) is 5.41. The number of nitro groups is 1. The molecule has 0 bridgehead atoms. The maximum atomic E-state index is 13.5. The SMILES string of the molecule is Cc1c([N+](=O)[O-])c(OCCCn2nc(Cl)c3cnc(Cl)nc32)nn1C1CCC(F)CC1. The van der Waals surface area contributed by atoms with Gasteiger partial charge in [-0.2, -0.15) is 10.1 Å². The highest BCUT2D eigenvalue weighted by Gasteiger charge is 2.31. The van der Waals surface area contributed by atoms with Crippen LogP contribution in [0.15, 0.2) is 6.20 Å². The lowest BCUT2D eigenvalue weighted by Crippen LogP contribution is -2.20. The predicted octanol–water partition coefficient (Wildman–Crippen LogP) is 4.47. The van der Waals surface area contributed by atoms with Gasteiger partial charge in [0.2, 0.25) is 5.28 Å². The summed E-state index contributed by atoms with van der Waals surface area (Å²) in [6, 6.07) is -0.0648. The summed E-state index contributed by atoms with van der Waals surface area (Å²) < 4.78 is 22.3. The van der Waals surface area contributed by atoms with Crippen LogP contribution in [0.2, 0.25) is 10.4 Å². The van der Waals surface area contributed by atoms with Crippen LogP contribution in [0.25, 0.3) is 11.0 Å². The molecule has 166 valence electrons. The average Bonchev–Trinajstić information content (AvgIpc) is 3.22. The number of alkyl halides is 1. The molecule has 0 N–H and O–H groups in total. The molecule has 0 radical (unpaired) electrons. The smallest absolute Gasteiger partial charge is 0.352 e. The fourth-order valence-corrected chi connectivity index (χ4v) is 4.22. The molecule has 1 saturated carbocycles. The van der Waals surface area contributed by atoms with Gasteiger partial charge in [0.1, 0.15) is 11.9 Å². The Bertz CT molecular complexity index is 1110. The Kier molecular flexibility index (Phi) is 6.24. The molecule has 0 saturated heterocycles. The van der Waals surface area contributed by atoms with E-state index in [-0.39, 0.29) is 34.7 Å². The second-order valence-electron chi connectivity index (χ2n) is 7.44. The van der Waals surface area contributed by atoms with Gasteiger partial charge in [0.15, 0.2) is 10.8 Å². The van der Waals surface area contributed by atoms with Crippen molar-refractivity contribution in [1.82, 2.24) is 29.5 Å². The highest BCUT2D eigenvalue weighted by atomic mass is 35.5. The molecule has 3 heterocycles. The van der Waals surface area contributed by atoms with Crippen LogP contribution in [0.1, 0.15) is 43.8 Å². The molecule has 10 nitrogen and oxygen atoms in total. The van der Waals surface area contributed by atoms with E-state index in [0.717, 1.165) is 0 Å². The first-order valence-electron chi connectivity index (χ1n) is 9.90. The summed E-state index contributed by atoms with van der Waals surface area (Å²) in [4.78, 5) is 19.1. The Hall–Kier alpha value is -2.53. The maximum Gasteiger partial charge on any atom is 0.352 e. The van der Waals surface area contributed by atoms with E-state index >= 15 is 0 Å². The van der Waals surface area contributed by atoms with Crippen molar-refractivity contribution in [3.05, 3.63) is 32.4 Å². The number of aromatic nitrogens is 6. The second-order valence-corrected chi connectivity index (χ2v) is 8.14. The Morgan fingerprint density at radius 3 is 2.74 bits per heavy atom. The summed E-state index contributed by atoms with van der Waals surface area (Å²) in [6.45, 7) is 2.22. The minimum absolute atomic E-state index is 0.0291. The number of ether oxygens (including phenoxy) is 1. The molecule has 3 aromatic rings. The summed E-state index contributed by atoms with van der Waals surface area (Å²) in [7, 11) is 0. The van der Waals surface area contributed by atoms with E-state index in [1.165, 1.54) is 6.20 Å². The highest BCUT2D eigenvalue weighted by molar-refractivity contribution is 6.34. The number of halogens is 3. The fourth-order valence-electron chi connectivity index (χ4n) is 3.87. The molecule has 31 heavy (non-hydrogen) atoms. The van der Waals surface area contributed by atoms with Gasteiger partial charge in [0.05, 0.1) is 23.0 Å². The number of aryl methyl sites for hydroxylation is 1. The first-order chi connectivity index (χ1) is 14.8. The van der Waals surface area contributed by atoms with Gasteiger partial charge in [-0.05, 0) is 44.2 Å². The lowest BCUT2D eigenvalue weighted by atomic mass is 9.94. The number of hydrogen-bond donors (Lipinski definition) is 0. The van der Waals surface area contributed by atoms with Gasteiger partial charge in [0, 0.05) is 19.2 Å². The van der Waals surface area contributed by atoms with E-state index in [0.29, 0.717) is 55.4 Å². The quantitative estimate of drug-likeness (QED) is 0.216. The van der Waals surface area contributed by atoms with E-state index in [9.17, 15) is 14.5 Å². The Labute approximate surface area is 186 Å². The van der Waals surface area contributed by atoms with Gasteiger partial charge in [-0.1, -0.05) is 11.6 Å². The van der Waals surface area contributed by atoms with Crippen LogP contribution in [-0.2, 0) is 6.54 Å². The standard InChI is InChI=1S/C18H20Cl2FN7O3/c1-10-14(28(29)30)17(25-27(10)12-5-3-11(21)4-6-12)31-8-2-7-26-16-13(15(19)24-26)9-22-18(20)23-16/h9,11-12H,2-8H2,1H3. The Morgan fingerprint density at radius 2 is 2.03 bits per heavy atom. The molecule has 0 atom stereocenters. The topological polar surface area (TPSA) is 114 Å². The van der Waals surface area contributed by atoms with E-state index < -0.39 is 11.1 Å². The molecule has 4 rings (SSSR count). The van der Waals surface area contributed by atoms with E-state index in [1.807, 2.05) is 0 Å². The minimum atomic E-state index is -0.815. The first-order valence-corrected chi connectivity index (χ1v) is 10.7. The molecule has 0 spiro atoms. The molecule has 0 aliphatic heterocycles. The van der Waals surface area contributed by atoms with Crippen molar-refractivity contribution in [3.8, 4) is 5.88 Å². The summed E-state index contributed by atoms with van der Waals surface area (Å²) in [6.07, 6.45) is 3.22. The Morgan fingerprint density at radius 1 is 1.29 bits per heavy atom. The maximum absolute atomic E-state index is 13.5. The molecule has 0 amide bonds. The minimum Gasteiger partial charge on any atom is -0.472 e. The van der Waals surface area contributed by atoms with Gasteiger partial charge in [-0.15, -0.1) is 5.10 Å². The third kappa shape index (κ3) is 4.42. The number of hydrogen-bond acceptors (Lipinski definition) is 7. The van der Waals surface area contributed by atoms with E-state index in [1.54, 1.807) is 16.3 Å². The monoisotopic (exact) mass is 471 g/mol. The van der Waals surface area contributed by atoms with Crippen LogP contribution >= 0.6 is 23.2 Å². The van der Waals surface area contributed by atoms with Crippen molar-refractivity contribution in [2.45, 2.75) is 57.8 Å². The first kappa shape index (κ1) is 21.7.